The summed E-state index contributed by atoms with van der Waals surface area (Å²) in [6.07, 6.45) is 6.29. The largest absolute Gasteiger partial charge is 0.358 e. The van der Waals surface area contributed by atoms with Crippen molar-refractivity contribution >= 4 is 23.6 Å². The molecule has 0 saturated heterocycles. The number of benzene rings is 1. The number of hydrogen-bond acceptors (Lipinski definition) is 4. The fourth-order valence-corrected chi connectivity index (χ4v) is 2.97. The lowest BCUT2D eigenvalue weighted by molar-refractivity contribution is -0.121. The van der Waals surface area contributed by atoms with E-state index in [9.17, 15) is 9.59 Å². The molecule has 0 unspecified atom stereocenters. The molecule has 1 aromatic carbocycles. The lowest BCUT2D eigenvalue weighted by Crippen LogP contribution is -2.40. The molecule has 0 aliphatic rings. The molecule has 7 heteroatoms. The van der Waals surface area contributed by atoms with Crippen LogP contribution in [0.25, 0.3) is 5.69 Å². The van der Waals surface area contributed by atoms with E-state index < -0.39 is 0 Å². The summed E-state index contributed by atoms with van der Waals surface area (Å²) in [7, 11) is 1.56. The molecule has 2 amide bonds. The Balaban J connectivity index is 2.31. The van der Waals surface area contributed by atoms with Gasteiger partial charge in [0.1, 0.15) is 6.54 Å². The van der Waals surface area contributed by atoms with Crippen molar-refractivity contribution in [2.24, 2.45) is 0 Å². The lowest BCUT2D eigenvalue weighted by Gasteiger charge is -2.23. The van der Waals surface area contributed by atoms with Gasteiger partial charge in [0.15, 0.2) is 5.16 Å². The molecule has 138 valence electrons. The van der Waals surface area contributed by atoms with Crippen LogP contribution in [0.3, 0.4) is 0 Å². The van der Waals surface area contributed by atoms with Gasteiger partial charge in [0, 0.05) is 37.2 Å². The molecule has 0 aliphatic heterocycles. The fourth-order valence-electron chi connectivity index (χ4n) is 2.44. The minimum Gasteiger partial charge on any atom is -0.358 e. The maximum Gasteiger partial charge on any atom is 0.254 e. The van der Waals surface area contributed by atoms with E-state index in [4.69, 9.17) is 0 Å². The van der Waals surface area contributed by atoms with E-state index in [0.717, 1.165) is 22.8 Å². The lowest BCUT2D eigenvalue weighted by atomic mass is 10.1. The molecular formula is C19H24N4O2S. The second kappa shape index (κ2) is 9.24. The number of carbonyl (C=O) groups is 2. The molecule has 6 nitrogen and oxygen atoms in total. The van der Waals surface area contributed by atoms with Crippen molar-refractivity contribution in [2.75, 3.05) is 26.4 Å². The predicted molar refractivity (Wildman–Crippen MR) is 105 cm³/mol. The molecule has 0 saturated carbocycles. The second-order valence-electron chi connectivity index (χ2n) is 5.77. The second-order valence-corrected chi connectivity index (χ2v) is 6.55. The molecular weight excluding hydrogens is 348 g/mol. The van der Waals surface area contributed by atoms with Gasteiger partial charge in [-0.3, -0.25) is 14.2 Å². The highest BCUT2D eigenvalue weighted by atomic mass is 32.2. The first-order chi connectivity index (χ1) is 12.5. The molecule has 0 atom stereocenters. The highest BCUT2D eigenvalue weighted by Gasteiger charge is 2.19. The van der Waals surface area contributed by atoms with Crippen LogP contribution in [-0.4, -0.2) is 52.7 Å². The summed E-state index contributed by atoms with van der Waals surface area (Å²) in [5.41, 5.74) is 2.28. The van der Waals surface area contributed by atoms with Crippen LogP contribution in [0.4, 0.5) is 0 Å². The van der Waals surface area contributed by atoms with Crippen LogP contribution in [0.15, 0.2) is 54.0 Å². The zero-order valence-corrected chi connectivity index (χ0v) is 16.2. The minimum atomic E-state index is -0.210. The molecule has 2 rings (SSSR count). The molecule has 2 aromatic rings. The molecule has 0 aliphatic carbocycles. The van der Waals surface area contributed by atoms with Gasteiger partial charge in [-0.25, -0.2) is 4.98 Å². The van der Waals surface area contributed by atoms with E-state index in [-0.39, 0.29) is 18.4 Å². The van der Waals surface area contributed by atoms with E-state index in [2.05, 4.69) is 16.9 Å². The van der Waals surface area contributed by atoms with Crippen molar-refractivity contribution in [2.45, 2.75) is 18.5 Å². The van der Waals surface area contributed by atoms with Crippen LogP contribution in [0, 0.1) is 0 Å². The average Bonchev–Trinajstić information content (AvgIpc) is 3.15. The predicted octanol–water partition coefficient (Wildman–Crippen LogP) is 2.75. The molecule has 1 aromatic heterocycles. The first-order valence-electron chi connectivity index (χ1n) is 8.34. The molecule has 1 N–H and O–H groups in total. The van der Waals surface area contributed by atoms with E-state index in [0.29, 0.717) is 12.1 Å². The highest BCUT2D eigenvalue weighted by molar-refractivity contribution is 7.98. The summed E-state index contributed by atoms with van der Waals surface area (Å²) in [6.45, 7) is 6.30. The number of thioether (sulfide) groups is 1. The van der Waals surface area contributed by atoms with Crippen molar-refractivity contribution in [1.29, 1.82) is 0 Å². The van der Waals surface area contributed by atoms with Crippen LogP contribution in [0.1, 0.15) is 23.7 Å². The first kappa shape index (κ1) is 19.8. The zero-order valence-electron chi connectivity index (χ0n) is 15.4. The van der Waals surface area contributed by atoms with Gasteiger partial charge in [0.25, 0.3) is 5.91 Å². The summed E-state index contributed by atoms with van der Waals surface area (Å²) in [4.78, 5) is 30.6. The number of aromatic nitrogens is 2. The van der Waals surface area contributed by atoms with Gasteiger partial charge in [-0.2, -0.15) is 0 Å². The zero-order chi connectivity index (χ0) is 19.1. The normalized spacial score (nSPS) is 10.4. The maximum atomic E-state index is 13.0. The number of carbonyl (C=O) groups excluding carboxylic acids is 2. The Morgan fingerprint density at radius 2 is 2.12 bits per heavy atom. The molecule has 0 fully saturated rings. The summed E-state index contributed by atoms with van der Waals surface area (Å²) in [6, 6.07) is 7.33. The van der Waals surface area contributed by atoms with E-state index >= 15 is 0 Å². The third-order valence-corrected chi connectivity index (χ3v) is 4.64. The number of imidazole rings is 1. The van der Waals surface area contributed by atoms with Crippen molar-refractivity contribution in [3.05, 3.63) is 54.4 Å². The van der Waals surface area contributed by atoms with Gasteiger partial charge >= 0.3 is 0 Å². The van der Waals surface area contributed by atoms with Crippen molar-refractivity contribution in [3.8, 4) is 5.69 Å². The number of hydrogen-bond donors (Lipinski definition) is 1. The van der Waals surface area contributed by atoms with Gasteiger partial charge in [0.2, 0.25) is 5.91 Å². The van der Waals surface area contributed by atoms with Gasteiger partial charge < -0.3 is 10.2 Å². The van der Waals surface area contributed by atoms with Crippen LogP contribution >= 0.6 is 11.8 Å². The monoisotopic (exact) mass is 372 g/mol. The SMILES string of the molecule is C=C(CC)CN(CC(=O)NC)C(=O)c1cccc(-n2ccnc2SC)c1. The average molecular weight is 372 g/mol. The molecule has 26 heavy (non-hydrogen) atoms. The molecule has 0 radical (unpaired) electrons. The van der Waals surface area contributed by atoms with Gasteiger partial charge in [-0.15, -0.1) is 0 Å². The van der Waals surface area contributed by atoms with Crippen LogP contribution in [-0.2, 0) is 4.79 Å². The summed E-state index contributed by atoms with van der Waals surface area (Å²) < 4.78 is 1.93. The van der Waals surface area contributed by atoms with Crippen molar-refractivity contribution < 1.29 is 9.59 Å². The topological polar surface area (TPSA) is 67.2 Å². The first-order valence-corrected chi connectivity index (χ1v) is 9.56. The van der Waals surface area contributed by atoms with Crippen molar-refractivity contribution in [1.82, 2.24) is 19.8 Å². The third kappa shape index (κ3) is 4.76. The maximum absolute atomic E-state index is 13.0. The van der Waals surface area contributed by atoms with E-state index in [1.54, 1.807) is 19.3 Å². The fraction of sp³-hybridized carbons (Fsp3) is 0.316. The van der Waals surface area contributed by atoms with Gasteiger partial charge in [-0.1, -0.05) is 36.9 Å². The van der Waals surface area contributed by atoms with Crippen LogP contribution in [0.2, 0.25) is 0 Å². The van der Waals surface area contributed by atoms with Gasteiger partial charge in [-0.05, 0) is 30.9 Å². The van der Waals surface area contributed by atoms with E-state index in [1.807, 2.05) is 42.1 Å². The number of nitrogens with zero attached hydrogens (tertiary/aromatic N) is 3. The summed E-state index contributed by atoms with van der Waals surface area (Å²) in [5.74, 6) is -0.409. The summed E-state index contributed by atoms with van der Waals surface area (Å²) >= 11 is 1.53. The number of rotatable bonds is 8. The van der Waals surface area contributed by atoms with Gasteiger partial charge in [0.05, 0.1) is 0 Å². The number of nitrogens with one attached hydrogen (secondary N) is 1. The third-order valence-electron chi connectivity index (χ3n) is 3.98. The van der Waals surface area contributed by atoms with E-state index in [1.165, 1.54) is 16.7 Å². The Kier molecular flexibility index (Phi) is 7.03. The minimum absolute atomic E-state index is 0.000280. The molecule has 0 bridgehead atoms. The molecule has 0 spiro atoms. The Bertz CT molecular complexity index is 782. The van der Waals surface area contributed by atoms with Crippen LogP contribution in [0.5, 0.6) is 0 Å². The Morgan fingerprint density at radius 3 is 2.77 bits per heavy atom. The highest BCUT2D eigenvalue weighted by Crippen LogP contribution is 2.20. The Morgan fingerprint density at radius 1 is 1.35 bits per heavy atom. The van der Waals surface area contributed by atoms with Crippen molar-refractivity contribution in [3.63, 3.8) is 0 Å². The Labute approximate surface area is 158 Å². The number of amides is 2. The number of likely N-dealkylation sites (N-methyl/N-ethyl adjacent to an activating group) is 1. The summed E-state index contributed by atoms with van der Waals surface area (Å²) in [5, 5.41) is 3.41. The Hall–Kier alpha value is -2.54. The standard InChI is InChI=1S/C19H24N4O2S/c1-5-14(2)12-22(13-17(24)20-3)18(25)15-7-6-8-16(11-15)23-10-9-21-19(23)26-4/h6-11H,2,5,12-13H2,1,3-4H3,(H,20,24). The quantitative estimate of drug-likeness (QED) is 0.571. The van der Waals surface area contributed by atoms with Crippen LogP contribution < -0.4 is 5.32 Å². The smallest absolute Gasteiger partial charge is 0.254 e. The molecule has 1 heterocycles.